The van der Waals surface area contributed by atoms with Gasteiger partial charge in [-0.15, -0.1) is 0 Å². The quantitative estimate of drug-likeness (QED) is 0.643. The molecule has 0 atom stereocenters. The second kappa shape index (κ2) is 8.88. The van der Waals surface area contributed by atoms with Crippen molar-refractivity contribution in [2.75, 3.05) is 23.4 Å². The van der Waals surface area contributed by atoms with Crippen LogP contribution in [-0.4, -0.2) is 25.0 Å². The first-order chi connectivity index (χ1) is 14.6. The van der Waals surface area contributed by atoms with Crippen LogP contribution in [0.25, 0.3) is 0 Å². The summed E-state index contributed by atoms with van der Waals surface area (Å²) < 4.78 is 11.0. The van der Waals surface area contributed by atoms with Gasteiger partial charge in [0.05, 0.1) is 17.3 Å². The molecule has 0 fully saturated rings. The third-order valence-corrected chi connectivity index (χ3v) is 4.88. The Labute approximate surface area is 179 Å². The molecule has 0 bridgehead atoms. The summed E-state index contributed by atoms with van der Waals surface area (Å²) in [7, 11) is 0. The lowest BCUT2D eigenvalue weighted by molar-refractivity contribution is -0.121. The molecule has 0 radical (unpaired) electrons. The van der Waals surface area contributed by atoms with Crippen LogP contribution in [0.3, 0.4) is 0 Å². The third-order valence-electron chi connectivity index (χ3n) is 4.56. The number of carbonyl (C=O) groups excluding carboxylic acids is 2. The van der Waals surface area contributed by atoms with E-state index in [-0.39, 0.29) is 25.0 Å². The Morgan fingerprint density at radius 3 is 2.63 bits per heavy atom. The van der Waals surface area contributed by atoms with Crippen molar-refractivity contribution < 1.29 is 19.1 Å². The van der Waals surface area contributed by atoms with Crippen LogP contribution in [0.1, 0.15) is 5.56 Å². The van der Waals surface area contributed by atoms with Gasteiger partial charge in [0.15, 0.2) is 13.2 Å². The van der Waals surface area contributed by atoms with Crippen molar-refractivity contribution >= 4 is 34.8 Å². The zero-order valence-corrected chi connectivity index (χ0v) is 16.8. The van der Waals surface area contributed by atoms with Gasteiger partial charge in [0.1, 0.15) is 11.5 Å². The number of halogens is 1. The van der Waals surface area contributed by atoms with Crippen LogP contribution in [0.5, 0.6) is 11.5 Å². The highest BCUT2D eigenvalue weighted by molar-refractivity contribution is 6.32. The minimum absolute atomic E-state index is 0.0167. The summed E-state index contributed by atoms with van der Waals surface area (Å²) in [5, 5.41) is 3.22. The average molecular weight is 423 g/mol. The van der Waals surface area contributed by atoms with E-state index in [1.165, 1.54) is 0 Å². The maximum absolute atomic E-state index is 12.5. The summed E-state index contributed by atoms with van der Waals surface area (Å²) in [4.78, 5) is 26.4. The molecule has 0 saturated carbocycles. The van der Waals surface area contributed by atoms with Crippen LogP contribution < -0.4 is 19.7 Å². The maximum atomic E-state index is 12.5. The number of carbonyl (C=O) groups is 2. The molecular weight excluding hydrogens is 404 g/mol. The standard InChI is InChI=1S/C23H19ClN2O4/c24-18-8-4-5-9-20(18)29-14-22(27)25-17-10-11-21-19(12-17)26(23(28)15-30-21)13-16-6-2-1-3-7-16/h1-12H,13-15H2,(H,25,27). The topological polar surface area (TPSA) is 67.9 Å². The summed E-state index contributed by atoms with van der Waals surface area (Å²) >= 11 is 6.04. The Kier molecular flexibility index (Phi) is 5.86. The lowest BCUT2D eigenvalue weighted by Crippen LogP contribution is -2.38. The van der Waals surface area contributed by atoms with Crippen molar-refractivity contribution in [3.63, 3.8) is 0 Å². The Bertz CT molecular complexity index is 1070. The van der Waals surface area contributed by atoms with E-state index in [1.54, 1.807) is 47.4 Å². The Balaban J connectivity index is 1.47. The van der Waals surface area contributed by atoms with Crippen molar-refractivity contribution in [1.82, 2.24) is 0 Å². The normalized spacial score (nSPS) is 12.7. The third kappa shape index (κ3) is 4.55. The molecule has 2 amide bonds. The van der Waals surface area contributed by atoms with Crippen molar-refractivity contribution in [2.24, 2.45) is 0 Å². The maximum Gasteiger partial charge on any atom is 0.265 e. The molecule has 0 spiro atoms. The summed E-state index contributed by atoms with van der Waals surface area (Å²) in [6.07, 6.45) is 0. The van der Waals surface area contributed by atoms with E-state index in [0.717, 1.165) is 5.56 Å². The summed E-state index contributed by atoms with van der Waals surface area (Å²) in [6.45, 7) is 0.213. The molecule has 1 aliphatic heterocycles. The van der Waals surface area contributed by atoms with Gasteiger partial charge in [0.2, 0.25) is 0 Å². The number of ether oxygens (including phenoxy) is 2. The van der Waals surface area contributed by atoms with Crippen LogP contribution in [0.15, 0.2) is 72.8 Å². The van der Waals surface area contributed by atoms with E-state index in [1.807, 2.05) is 30.3 Å². The smallest absolute Gasteiger partial charge is 0.265 e. The number of para-hydroxylation sites is 1. The van der Waals surface area contributed by atoms with E-state index >= 15 is 0 Å². The fourth-order valence-electron chi connectivity index (χ4n) is 3.12. The Morgan fingerprint density at radius 2 is 1.83 bits per heavy atom. The highest BCUT2D eigenvalue weighted by atomic mass is 35.5. The largest absolute Gasteiger partial charge is 0.482 e. The van der Waals surface area contributed by atoms with Crippen molar-refractivity contribution in [3.05, 3.63) is 83.4 Å². The van der Waals surface area contributed by atoms with Crippen LogP contribution in [-0.2, 0) is 16.1 Å². The number of nitrogens with one attached hydrogen (secondary N) is 1. The number of amides is 2. The molecule has 152 valence electrons. The summed E-state index contributed by atoms with van der Waals surface area (Å²) in [6, 6.07) is 21.8. The number of anilines is 2. The number of nitrogens with zero attached hydrogens (tertiary/aromatic N) is 1. The number of hydrogen-bond donors (Lipinski definition) is 1. The van der Waals surface area contributed by atoms with E-state index in [2.05, 4.69) is 5.32 Å². The molecule has 3 aromatic rings. The zero-order valence-electron chi connectivity index (χ0n) is 16.0. The van der Waals surface area contributed by atoms with Gasteiger partial charge >= 0.3 is 0 Å². The lowest BCUT2D eigenvalue weighted by atomic mass is 10.1. The van der Waals surface area contributed by atoms with Crippen LogP contribution >= 0.6 is 11.6 Å². The highest BCUT2D eigenvalue weighted by Crippen LogP contribution is 2.35. The van der Waals surface area contributed by atoms with Gasteiger partial charge in [0.25, 0.3) is 11.8 Å². The highest BCUT2D eigenvalue weighted by Gasteiger charge is 2.26. The second-order valence-corrected chi connectivity index (χ2v) is 7.11. The SMILES string of the molecule is O=C(COc1ccccc1Cl)Nc1ccc2c(c1)N(Cc1ccccc1)C(=O)CO2. The lowest BCUT2D eigenvalue weighted by Gasteiger charge is -2.30. The molecule has 0 aromatic heterocycles. The zero-order chi connectivity index (χ0) is 20.9. The fourth-order valence-corrected chi connectivity index (χ4v) is 3.31. The van der Waals surface area contributed by atoms with Crippen molar-refractivity contribution in [3.8, 4) is 11.5 Å². The fraction of sp³-hybridized carbons (Fsp3) is 0.130. The van der Waals surface area contributed by atoms with Crippen LogP contribution in [0.4, 0.5) is 11.4 Å². The Hall–Kier alpha value is -3.51. The number of hydrogen-bond acceptors (Lipinski definition) is 4. The second-order valence-electron chi connectivity index (χ2n) is 6.70. The Morgan fingerprint density at radius 1 is 1.07 bits per heavy atom. The molecule has 6 nitrogen and oxygen atoms in total. The van der Waals surface area contributed by atoms with Crippen LogP contribution in [0.2, 0.25) is 5.02 Å². The molecule has 4 rings (SSSR count). The van der Waals surface area contributed by atoms with Gasteiger partial charge in [-0.2, -0.15) is 0 Å². The van der Waals surface area contributed by atoms with Gasteiger partial charge in [-0.25, -0.2) is 0 Å². The molecule has 1 aliphatic rings. The van der Waals surface area contributed by atoms with E-state index in [0.29, 0.717) is 34.4 Å². The van der Waals surface area contributed by atoms with E-state index in [4.69, 9.17) is 21.1 Å². The molecule has 1 heterocycles. The van der Waals surface area contributed by atoms with E-state index < -0.39 is 0 Å². The summed E-state index contributed by atoms with van der Waals surface area (Å²) in [5.74, 6) is 0.549. The number of benzene rings is 3. The van der Waals surface area contributed by atoms with Gasteiger partial charge in [-0.3, -0.25) is 9.59 Å². The van der Waals surface area contributed by atoms with Crippen molar-refractivity contribution in [2.45, 2.75) is 6.54 Å². The number of fused-ring (bicyclic) bond motifs is 1. The molecule has 1 N–H and O–H groups in total. The van der Waals surface area contributed by atoms with E-state index in [9.17, 15) is 9.59 Å². The van der Waals surface area contributed by atoms with Gasteiger partial charge < -0.3 is 19.7 Å². The molecule has 7 heteroatoms. The average Bonchev–Trinajstić information content (AvgIpc) is 2.76. The number of rotatable bonds is 6. The van der Waals surface area contributed by atoms with Crippen LogP contribution in [0, 0.1) is 0 Å². The monoisotopic (exact) mass is 422 g/mol. The first-order valence-electron chi connectivity index (χ1n) is 9.38. The minimum Gasteiger partial charge on any atom is -0.482 e. The molecule has 3 aromatic carbocycles. The van der Waals surface area contributed by atoms with Gasteiger partial charge in [-0.1, -0.05) is 54.1 Å². The van der Waals surface area contributed by atoms with Gasteiger partial charge in [0, 0.05) is 5.69 Å². The predicted molar refractivity (Wildman–Crippen MR) is 115 cm³/mol. The first-order valence-corrected chi connectivity index (χ1v) is 9.76. The molecule has 0 unspecified atom stereocenters. The molecule has 0 saturated heterocycles. The predicted octanol–water partition coefficient (Wildman–Crippen LogP) is 4.28. The molecule has 30 heavy (non-hydrogen) atoms. The van der Waals surface area contributed by atoms with Gasteiger partial charge in [-0.05, 0) is 35.9 Å². The summed E-state index contributed by atoms with van der Waals surface area (Å²) in [5.41, 5.74) is 2.15. The minimum atomic E-state index is -0.340. The molecular formula is C23H19ClN2O4. The first kappa shape index (κ1) is 19.8. The van der Waals surface area contributed by atoms with Crippen molar-refractivity contribution in [1.29, 1.82) is 0 Å². The molecule has 0 aliphatic carbocycles.